The van der Waals surface area contributed by atoms with Crippen molar-refractivity contribution in [3.63, 3.8) is 0 Å². The van der Waals surface area contributed by atoms with Crippen molar-refractivity contribution in [1.82, 2.24) is 5.32 Å². The van der Waals surface area contributed by atoms with E-state index in [4.69, 9.17) is 0 Å². The molecule has 1 rings (SSSR count). The molecule has 0 heterocycles. The van der Waals surface area contributed by atoms with Crippen LogP contribution >= 0.6 is 0 Å². The van der Waals surface area contributed by atoms with Crippen molar-refractivity contribution >= 4 is 0 Å². The first-order chi connectivity index (χ1) is 7.43. The Morgan fingerprint density at radius 1 is 1.31 bits per heavy atom. The second-order valence-corrected chi connectivity index (χ2v) is 6.77. The Morgan fingerprint density at radius 3 is 2.56 bits per heavy atom. The van der Waals surface area contributed by atoms with Crippen LogP contribution in [0, 0.1) is 11.3 Å². The lowest BCUT2D eigenvalue weighted by Crippen LogP contribution is -2.42. The Hall–Kier alpha value is -0.0400. The number of nitrogens with one attached hydrogen (secondary N) is 1. The van der Waals surface area contributed by atoms with Crippen LogP contribution in [-0.4, -0.2) is 12.1 Å². The van der Waals surface area contributed by atoms with Crippen LogP contribution in [0.3, 0.4) is 0 Å². The minimum atomic E-state index is 0.562. The van der Waals surface area contributed by atoms with Crippen molar-refractivity contribution < 1.29 is 0 Å². The maximum absolute atomic E-state index is 3.84. The minimum Gasteiger partial charge on any atom is -0.311 e. The van der Waals surface area contributed by atoms with Crippen LogP contribution in [0.15, 0.2) is 0 Å². The van der Waals surface area contributed by atoms with Gasteiger partial charge in [0, 0.05) is 12.1 Å². The van der Waals surface area contributed by atoms with Gasteiger partial charge < -0.3 is 5.32 Å². The average molecular weight is 225 g/mol. The van der Waals surface area contributed by atoms with E-state index in [1.807, 2.05) is 0 Å². The molecule has 0 saturated heterocycles. The molecule has 1 nitrogen and oxygen atoms in total. The first-order valence-corrected chi connectivity index (χ1v) is 7.19. The van der Waals surface area contributed by atoms with E-state index in [9.17, 15) is 0 Å². The highest BCUT2D eigenvalue weighted by Crippen LogP contribution is 2.35. The van der Waals surface area contributed by atoms with Gasteiger partial charge >= 0.3 is 0 Å². The third kappa shape index (κ3) is 4.86. The van der Waals surface area contributed by atoms with Gasteiger partial charge in [-0.15, -0.1) is 0 Å². The molecule has 1 fully saturated rings. The molecule has 0 aromatic carbocycles. The molecule has 0 radical (unpaired) electrons. The molecule has 1 N–H and O–H groups in total. The summed E-state index contributed by atoms with van der Waals surface area (Å²) in [5.41, 5.74) is 0.562. The molecule has 1 saturated carbocycles. The fraction of sp³-hybridized carbons (Fsp3) is 1.00. The van der Waals surface area contributed by atoms with Crippen LogP contribution < -0.4 is 5.32 Å². The smallest absolute Gasteiger partial charge is 0.00746 e. The largest absolute Gasteiger partial charge is 0.311 e. The minimum absolute atomic E-state index is 0.562. The van der Waals surface area contributed by atoms with Gasteiger partial charge in [-0.25, -0.2) is 0 Å². The SMILES string of the molecule is CCC(C)CC(C)NC1CCCC(C)(C)C1. The van der Waals surface area contributed by atoms with Crippen LogP contribution in [0.1, 0.15) is 73.1 Å². The maximum atomic E-state index is 3.84. The molecule has 16 heavy (non-hydrogen) atoms. The topological polar surface area (TPSA) is 12.0 Å². The van der Waals surface area contributed by atoms with Crippen molar-refractivity contribution in [2.24, 2.45) is 11.3 Å². The Bertz CT molecular complexity index is 198. The summed E-state index contributed by atoms with van der Waals surface area (Å²) in [6.07, 6.45) is 8.19. The second-order valence-electron chi connectivity index (χ2n) is 6.77. The molecule has 0 spiro atoms. The van der Waals surface area contributed by atoms with Crippen LogP contribution in [0.25, 0.3) is 0 Å². The summed E-state index contributed by atoms with van der Waals surface area (Å²) in [6, 6.07) is 1.46. The van der Waals surface area contributed by atoms with E-state index in [1.165, 1.54) is 38.5 Å². The van der Waals surface area contributed by atoms with E-state index in [0.29, 0.717) is 11.5 Å². The molecule has 1 aliphatic carbocycles. The van der Waals surface area contributed by atoms with Gasteiger partial charge in [-0.1, -0.05) is 40.5 Å². The van der Waals surface area contributed by atoms with Crippen molar-refractivity contribution in [2.45, 2.75) is 85.2 Å². The monoisotopic (exact) mass is 225 g/mol. The molecular formula is C15H31N. The third-order valence-corrected chi connectivity index (χ3v) is 4.18. The third-order valence-electron chi connectivity index (χ3n) is 4.18. The van der Waals surface area contributed by atoms with Gasteiger partial charge in [0.05, 0.1) is 0 Å². The Labute approximate surface area is 102 Å². The van der Waals surface area contributed by atoms with Crippen LogP contribution in [-0.2, 0) is 0 Å². The standard InChI is InChI=1S/C15H31N/c1-6-12(2)10-13(3)16-14-8-7-9-15(4,5)11-14/h12-14,16H,6-11H2,1-5H3. The highest BCUT2D eigenvalue weighted by molar-refractivity contribution is 4.84. The predicted molar refractivity (Wildman–Crippen MR) is 72.7 cm³/mol. The van der Waals surface area contributed by atoms with Crippen molar-refractivity contribution in [3.8, 4) is 0 Å². The average Bonchev–Trinajstić information content (AvgIpc) is 2.15. The molecular weight excluding hydrogens is 194 g/mol. The lowest BCUT2D eigenvalue weighted by atomic mass is 9.75. The summed E-state index contributed by atoms with van der Waals surface area (Å²) in [5.74, 6) is 0.860. The van der Waals surface area contributed by atoms with Gasteiger partial charge in [-0.3, -0.25) is 0 Å². The zero-order chi connectivity index (χ0) is 12.2. The van der Waals surface area contributed by atoms with Crippen molar-refractivity contribution in [3.05, 3.63) is 0 Å². The summed E-state index contributed by atoms with van der Waals surface area (Å²) < 4.78 is 0. The van der Waals surface area contributed by atoms with Crippen LogP contribution in [0.5, 0.6) is 0 Å². The quantitative estimate of drug-likeness (QED) is 0.732. The van der Waals surface area contributed by atoms with E-state index in [1.54, 1.807) is 0 Å². The lowest BCUT2D eigenvalue weighted by Gasteiger charge is -2.37. The summed E-state index contributed by atoms with van der Waals surface area (Å²) in [5, 5.41) is 3.84. The fourth-order valence-corrected chi connectivity index (χ4v) is 3.08. The number of rotatable bonds is 5. The first kappa shape index (κ1) is 14.0. The van der Waals surface area contributed by atoms with E-state index in [-0.39, 0.29) is 0 Å². The van der Waals surface area contributed by atoms with E-state index in [2.05, 4.69) is 39.9 Å². The summed E-state index contributed by atoms with van der Waals surface area (Å²) in [4.78, 5) is 0. The maximum Gasteiger partial charge on any atom is 0.00746 e. The summed E-state index contributed by atoms with van der Waals surface area (Å²) >= 11 is 0. The van der Waals surface area contributed by atoms with Gasteiger partial charge in [-0.2, -0.15) is 0 Å². The van der Waals surface area contributed by atoms with Crippen LogP contribution in [0.4, 0.5) is 0 Å². The zero-order valence-electron chi connectivity index (χ0n) is 12.0. The van der Waals surface area contributed by atoms with Crippen LogP contribution in [0.2, 0.25) is 0 Å². The highest BCUT2D eigenvalue weighted by Gasteiger charge is 2.28. The molecule has 0 aromatic heterocycles. The summed E-state index contributed by atoms with van der Waals surface area (Å²) in [6.45, 7) is 11.8. The molecule has 0 bridgehead atoms. The van der Waals surface area contributed by atoms with Gasteiger partial charge in [0.1, 0.15) is 0 Å². The second kappa shape index (κ2) is 6.05. The molecule has 0 amide bonds. The number of hydrogen-bond donors (Lipinski definition) is 1. The molecule has 96 valence electrons. The first-order valence-electron chi connectivity index (χ1n) is 7.19. The van der Waals surface area contributed by atoms with Crippen molar-refractivity contribution in [1.29, 1.82) is 0 Å². The van der Waals surface area contributed by atoms with Crippen molar-refractivity contribution in [2.75, 3.05) is 0 Å². The molecule has 1 heteroatoms. The Balaban J connectivity index is 2.30. The highest BCUT2D eigenvalue weighted by atomic mass is 14.9. The van der Waals surface area contributed by atoms with E-state index in [0.717, 1.165) is 12.0 Å². The Morgan fingerprint density at radius 2 is 2.00 bits per heavy atom. The molecule has 0 aliphatic heterocycles. The summed E-state index contributed by atoms with van der Waals surface area (Å²) in [7, 11) is 0. The van der Waals surface area contributed by atoms with Gasteiger partial charge in [0.2, 0.25) is 0 Å². The molecule has 3 unspecified atom stereocenters. The zero-order valence-corrected chi connectivity index (χ0v) is 12.0. The molecule has 1 aliphatic rings. The van der Waals surface area contributed by atoms with Gasteiger partial charge in [-0.05, 0) is 43.9 Å². The Kier molecular flexibility index (Phi) is 5.30. The van der Waals surface area contributed by atoms with E-state index < -0.39 is 0 Å². The van der Waals surface area contributed by atoms with Gasteiger partial charge in [0.15, 0.2) is 0 Å². The molecule has 0 aromatic rings. The normalized spacial score (nSPS) is 28.7. The lowest BCUT2D eigenvalue weighted by molar-refractivity contribution is 0.186. The van der Waals surface area contributed by atoms with E-state index >= 15 is 0 Å². The predicted octanol–water partition coefficient (Wildman–Crippen LogP) is 4.37. The molecule has 3 atom stereocenters. The fourth-order valence-electron chi connectivity index (χ4n) is 3.08. The number of hydrogen-bond acceptors (Lipinski definition) is 1. The van der Waals surface area contributed by atoms with Gasteiger partial charge in [0.25, 0.3) is 0 Å².